The van der Waals surface area contributed by atoms with Crippen LogP contribution >= 0.6 is 0 Å². The van der Waals surface area contributed by atoms with Crippen molar-refractivity contribution in [3.05, 3.63) is 41.5 Å². The molecule has 0 bridgehead atoms. The number of benzene rings is 2. The number of quaternary nitrogens is 1. The van der Waals surface area contributed by atoms with Gasteiger partial charge in [-0.1, -0.05) is 6.07 Å². The highest BCUT2D eigenvalue weighted by atomic mass is 16.5. The Kier molecular flexibility index (Phi) is 9.04. The Bertz CT molecular complexity index is 1090. The zero-order valence-corrected chi connectivity index (χ0v) is 20.7. The molecule has 0 spiro atoms. The number of nitrogens with two attached hydrogens (primary N) is 1. The predicted molar refractivity (Wildman–Crippen MR) is 134 cm³/mol. The number of azo groups is 1. The van der Waals surface area contributed by atoms with E-state index in [0.29, 0.717) is 53.9 Å². The van der Waals surface area contributed by atoms with Gasteiger partial charge in [0, 0.05) is 17.6 Å². The van der Waals surface area contributed by atoms with E-state index in [0.717, 1.165) is 29.5 Å². The second-order valence-corrected chi connectivity index (χ2v) is 8.03. The summed E-state index contributed by atoms with van der Waals surface area (Å²) < 4.78 is 21.9. The number of amides is 1. The van der Waals surface area contributed by atoms with Crippen LogP contribution < -0.4 is 35.7 Å². The van der Waals surface area contributed by atoms with Crippen LogP contribution in [0.1, 0.15) is 30.4 Å². The number of rotatable bonds is 12. The number of unbranched alkanes of at least 4 members (excludes halogenated alkanes) is 1. The van der Waals surface area contributed by atoms with Gasteiger partial charge in [0.05, 0.1) is 46.4 Å². The molecule has 10 nitrogen and oxygen atoms in total. The number of carbonyl (C=O) groups excluding carboxylic acids is 1. The molecule has 0 aromatic heterocycles. The molecule has 0 radical (unpaired) electrons. The van der Waals surface area contributed by atoms with Crippen molar-refractivity contribution >= 4 is 22.9 Å². The molecule has 1 unspecified atom stereocenters. The van der Waals surface area contributed by atoms with Gasteiger partial charge >= 0.3 is 0 Å². The van der Waals surface area contributed by atoms with Crippen molar-refractivity contribution in [1.82, 2.24) is 0 Å². The summed E-state index contributed by atoms with van der Waals surface area (Å²) in [6.07, 6.45) is 2.38. The first kappa shape index (κ1) is 26.0. The third kappa shape index (κ3) is 5.90. The lowest BCUT2D eigenvalue weighted by molar-refractivity contribution is -0.404. The normalized spacial score (nSPS) is 13.5. The monoisotopic (exact) mass is 484 g/mol. The molecule has 1 aliphatic rings. The minimum atomic E-state index is -0.389. The number of methoxy groups -OCH3 is 4. The predicted octanol–water partition coefficient (Wildman–Crippen LogP) is 2.73. The summed E-state index contributed by atoms with van der Waals surface area (Å²) in [6.45, 7) is 0.993. The van der Waals surface area contributed by atoms with Gasteiger partial charge in [-0.2, -0.15) is 10.2 Å². The second kappa shape index (κ2) is 12.2. The summed E-state index contributed by atoms with van der Waals surface area (Å²) in [6, 6.07) is 8.88. The topological polar surface area (TPSA) is 144 Å². The average molecular weight is 485 g/mol. The first-order valence-electron chi connectivity index (χ1n) is 11.4. The Labute approximate surface area is 205 Å². The fraction of sp³-hybridized carbons (Fsp3) is 0.400. The van der Waals surface area contributed by atoms with Gasteiger partial charge in [0.2, 0.25) is 5.75 Å². The van der Waals surface area contributed by atoms with Crippen LogP contribution in [0, 0.1) is 0 Å². The largest absolute Gasteiger partial charge is 0.495 e. The lowest BCUT2D eigenvalue weighted by atomic mass is 9.99. The van der Waals surface area contributed by atoms with Gasteiger partial charge in [-0.3, -0.25) is 4.79 Å². The molecular formula is C25H34N5O5+. The standard InChI is InChI=1S/C25H33N5O5/c1-32-20-9-8-15(11-19(20)29-25(31)18(27)7-5-6-10-26)17-14-28-30-23(17)16-12-21(33-2)24(35-4)22(13-16)34-3/h8-9,11-13,18H,5-7,10,14,26-27H2,1-4H3,(H,29,31)/p+1. The van der Waals surface area contributed by atoms with E-state index >= 15 is 0 Å². The molecule has 1 atom stereocenters. The second-order valence-electron chi connectivity index (χ2n) is 8.03. The van der Waals surface area contributed by atoms with Crippen LogP contribution in [-0.2, 0) is 4.79 Å². The van der Waals surface area contributed by atoms with Gasteiger partial charge in [0.15, 0.2) is 17.5 Å². The van der Waals surface area contributed by atoms with Crippen molar-refractivity contribution in [2.45, 2.75) is 25.3 Å². The summed E-state index contributed by atoms with van der Waals surface area (Å²) in [4.78, 5) is 12.7. The minimum Gasteiger partial charge on any atom is -0.495 e. The molecule has 35 heavy (non-hydrogen) atoms. The molecule has 1 aliphatic heterocycles. The van der Waals surface area contributed by atoms with Gasteiger partial charge in [-0.05, 0) is 49.2 Å². The first-order chi connectivity index (χ1) is 17.0. The molecule has 3 rings (SSSR count). The number of anilines is 1. The van der Waals surface area contributed by atoms with Crippen molar-refractivity contribution in [3.8, 4) is 23.0 Å². The SMILES string of the molecule is COc1ccc(C2=C(c3cc(OC)c(OC)c(OC)c3)N=NC2)cc1NC(=O)C([NH3+])CCCCN. The summed E-state index contributed by atoms with van der Waals surface area (Å²) in [5.74, 6) is 1.93. The maximum Gasteiger partial charge on any atom is 0.282 e. The molecule has 6 N–H and O–H groups in total. The van der Waals surface area contributed by atoms with Crippen LogP contribution in [0.25, 0.3) is 11.3 Å². The average Bonchev–Trinajstić information content (AvgIpc) is 3.37. The van der Waals surface area contributed by atoms with E-state index in [1.165, 1.54) is 0 Å². The van der Waals surface area contributed by atoms with E-state index in [1.54, 1.807) is 28.4 Å². The van der Waals surface area contributed by atoms with Crippen LogP contribution in [0.3, 0.4) is 0 Å². The molecule has 0 fully saturated rings. The van der Waals surface area contributed by atoms with Crippen LogP contribution in [0.2, 0.25) is 0 Å². The molecule has 0 aliphatic carbocycles. The van der Waals surface area contributed by atoms with Gasteiger partial charge < -0.3 is 35.7 Å². The van der Waals surface area contributed by atoms with Crippen molar-refractivity contribution in [3.63, 3.8) is 0 Å². The van der Waals surface area contributed by atoms with E-state index in [9.17, 15) is 4.79 Å². The lowest BCUT2D eigenvalue weighted by Gasteiger charge is -2.16. The van der Waals surface area contributed by atoms with Crippen LogP contribution in [0.5, 0.6) is 23.0 Å². The maximum absolute atomic E-state index is 12.7. The highest BCUT2D eigenvalue weighted by Gasteiger charge is 2.23. The third-order valence-electron chi connectivity index (χ3n) is 5.81. The van der Waals surface area contributed by atoms with Gasteiger partial charge in [0.1, 0.15) is 5.75 Å². The summed E-state index contributed by atoms with van der Waals surface area (Å²) in [7, 11) is 6.25. The Morgan fingerprint density at radius 2 is 1.69 bits per heavy atom. The third-order valence-corrected chi connectivity index (χ3v) is 5.81. The minimum absolute atomic E-state index is 0.169. The Morgan fingerprint density at radius 3 is 2.29 bits per heavy atom. The van der Waals surface area contributed by atoms with Gasteiger partial charge in [0.25, 0.3) is 5.91 Å². The van der Waals surface area contributed by atoms with E-state index in [-0.39, 0.29) is 11.9 Å². The number of hydrogen-bond donors (Lipinski definition) is 3. The zero-order chi connectivity index (χ0) is 25.4. The maximum atomic E-state index is 12.7. The zero-order valence-electron chi connectivity index (χ0n) is 20.7. The Hall–Kier alpha value is -3.63. The van der Waals surface area contributed by atoms with Crippen molar-refractivity contribution < 1.29 is 29.5 Å². The summed E-state index contributed by atoms with van der Waals surface area (Å²) in [5.41, 5.74) is 13.3. The molecule has 188 valence electrons. The summed E-state index contributed by atoms with van der Waals surface area (Å²) in [5, 5.41) is 11.6. The van der Waals surface area contributed by atoms with Crippen LogP contribution in [0.4, 0.5) is 5.69 Å². The van der Waals surface area contributed by atoms with E-state index in [4.69, 9.17) is 24.7 Å². The highest BCUT2D eigenvalue weighted by molar-refractivity contribution is 5.98. The molecule has 10 heteroatoms. The summed E-state index contributed by atoms with van der Waals surface area (Å²) >= 11 is 0. The lowest BCUT2D eigenvalue weighted by Crippen LogP contribution is -2.66. The quantitative estimate of drug-likeness (QED) is 0.395. The number of nitrogens with one attached hydrogen (secondary N) is 1. The van der Waals surface area contributed by atoms with Crippen LogP contribution in [0.15, 0.2) is 40.6 Å². The molecule has 0 saturated heterocycles. The molecule has 2 aromatic carbocycles. The molecule has 2 aromatic rings. The van der Waals surface area contributed by atoms with Gasteiger partial charge in [-0.15, -0.1) is 0 Å². The number of ether oxygens (including phenoxy) is 4. The van der Waals surface area contributed by atoms with E-state index in [1.807, 2.05) is 30.3 Å². The van der Waals surface area contributed by atoms with Crippen molar-refractivity contribution in [1.29, 1.82) is 0 Å². The molecule has 1 heterocycles. The Balaban J connectivity index is 1.97. The fourth-order valence-corrected chi connectivity index (χ4v) is 3.88. The van der Waals surface area contributed by atoms with Crippen molar-refractivity contribution in [2.24, 2.45) is 16.0 Å². The highest BCUT2D eigenvalue weighted by Crippen LogP contribution is 2.43. The Morgan fingerprint density at radius 1 is 1.00 bits per heavy atom. The van der Waals surface area contributed by atoms with Crippen LogP contribution in [-0.4, -0.2) is 53.5 Å². The van der Waals surface area contributed by atoms with E-state index in [2.05, 4.69) is 21.3 Å². The van der Waals surface area contributed by atoms with Crippen molar-refractivity contribution in [2.75, 3.05) is 46.8 Å². The molecular weight excluding hydrogens is 450 g/mol. The first-order valence-corrected chi connectivity index (χ1v) is 11.4. The molecule has 1 amide bonds. The number of nitrogens with zero attached hydrogens (tertiary/aromatic N) is 2. The smallest absolute Gasteiger partial charge is 0.282 e. The fourth-order valence-electron chi connectivity index (χ4n) is 3.88. The number of carbonyl (C=O) groups is 1. The molecule has 0 saturated carbocycles. The van der Waals surface area contributed by atoms with E-state index < -0.39 is 0 Å². The number of hydrogen-bond acceptors (Lipinski definition) is 8. The van der Waals surface area contributed by atoms with Gasteiger partial charge in [-0.25, -0.2) is 0 Å².